The number of nitrogens with one attached hydrogen (secondary N) is 1. The van der Waals surface area contributed by atoms with E-state index in [0.717, 1.165) is 5.75 Å². The van der Waals surface area contributed by atoms with Gasteiger partial charge in [-0.3, -0.25) is 4.79 Å². The van der Waals surface area contributed by atoms with E-state index >= 15 is 0 Å². The molecule has 2 N–H and O–H groups in total. The van der Waals surface area contributed by atoms with Crippen molar-refractivity contribution in [3.8, 4) is 0 Å². The summed E-state index contributed by atoms with van der Waals surface area (Å²) in [6, 6.07) is 1.70. The van der Waals surface area contributed by atoms with Gasteiger partial charge in [-0.05, 0) is 18.2 Å². The first-order chi connectivity index (χ1) is 9.62. The fourth-order valence-electron chi connectivity index (χ4n) is 2.16. The van der Waals surface area contributed by atoms with Gasteiger partial charge < -0.3 is 10.4 Å². The maximum atomic E-state index is 12.3. The number of nitrogens with zero attached hydrogens (tertiary/aromatic N) is 3. The largest absolute Gasteiger partial charge is 0.479 e. The lowest BCUT2D eigenvalue weighted by Crippen LogP contribution is -2.54. The minimum atomic E-state index is -1.19. The molecule has 1 saturated heterocycles. The van der Waals surface area contributed by atoms with Crippen LogP contribution in [0, 0.1) is 0 Å². The molecule has 2 aromatic heterocycles. The third-order valence-electron chi connectivity index (χ3n) is 3.31. The number of rotatable bonds is 3. The summed E-state index contributed by atoms with van der Waals surface area (Å²) in [4.78, 5) is 27.8. The van der Waals surface area contributed by atoms with Crippen LogP contribution in [0.25, 0.3) is 5.65 Å². The van der Waals surface area contributed by atoms with Gasteiger partial charge in [0.1, 0.15) is 11.1 Å². The van der Waals surface area contributed by atoms with E-state index < -0.39 is 17.4 Å². The summed E-state index contributed by atoms with van der Waals surface area (Å²) in [5.74, 6) is -0.357. The Morgan fingerprint density at radius 1 is 1.50 bits per heavy atom. The molecular formula is C12H12N4O3S. The second-order valence-electron chi connectivity index (χ2n) is 4.59. The SMILES string of the molecule is O=C(NC1(C(=O)O)CCSC1)c1cnn2cccnc12. The molecule has 1 aliphatic heterocycles. The van der Waals surface area contributed by atoms with E-state index in [9.17, 15) is 14.7 Å². The summed E-state index contributed by atoms with van der Waals surface area (Å²) >= 11 is 1.52. The fourth-order valence-corrected chi connectivity index (χ4v) is 3.48. The number of aromatic nitrogens is 3. The number of carboxylic acids is 1. The molecule has 3 rings (SSSR count). The van der Waals surface area contributed by atoms with E-state index in [0.29, 0.717) is 17.8 Å². The number of carbonyl (C=O) groups is 2. The average molecular weight is 292 g/mol. The highest BCUT2D eigenvalue weighted by Gasteiger charge is 2.43. The monoisotopic (exact) mass is 292 g/mol. The Labute approximate surface area is 118 Å². The fraction of sp³-hybridized carbons (Fsp3) is 0.333. The Kier molecular flexibility index (Phi) is 3.09. The highest BCUT2D eigenvalue weighted by molar-refractivity contribution is 7.99. The molecule has 8 heteroatoms. The Hall–Kier alpha value is -2.09. The molecule has 0 aliphatic carbocycles. The first kappa shape index (κ1) is 12.9. The molecule has 2 aromatic rings. The molecule has 0 radical (unpaired) electrons. The number of hydrogen-bond acceptors (Lipinski definition) is 5. The van der Waals surface area contributed by atoms with Gasteiger partial charge in [-0.1, -0.05) is 0 Å². The zero-order valence-corrected chi connectivity index (χ0v) is 11.3. The number of thioether (sulfide) groups is 1. The standard InChI is InChI=1S/C12H12N4O3S/c17-10(15-12(11(18)19)2-5-20-7-12)8-6-14-16-4-1-3-13-9(8)16/h1,3-4,6H,2,5,7H2,(H,15,17)(H,18,19). The van der Waals surface area contributed by atoms with Crippen molar-refractivity contribution < 1.29 is 14.7 Å². The quantitative estimate of drug-likeness (QED) is 0.851. The molecule has 20 heavy (non-hydrogen) atoms. The second-order valence-corrected chi connectivity index (χ2v) is 5.70. The Bertz CT molecular complexity index is 678. The van der Waals surface area contributed by atoms with Crippen LogP contribution in [-0.4, -0.2) is 48.6 Å². The lowest BCUT2D eigenvalue weighted by molar-refractivity contribution is -0.143. The molecule has 0 bridgehead atoms. The van der Waals surface area contributed by atoms with Crippen molar-refractivity contribution in [3.05, 3.63) is 30.2 Å². The third kappa shape index (κ3) is 2.01. The second kappa shape index (κ2) is 4.78. The molecule has 104 valence electrons. The number of hydrogen-bond donors (Lipinski definition) is 2. The lowest BCUT2D eigenvalue weighted by Gasteiger charge is -2.24. The number of aliphatic carboxylic acids is 1. The van der Waals surface area contributed by atoms with Gasteiger partial charge in [-0.25, -0.2) is 14.3 Å². The van der Waals surface area contributed by atoms with Crippen LogP contribution < -0.4 is 5.32 Å². The van der Waals surface area contributed by atoms with E-state index in [-0.39, 0.29) is 5.56 Å². The van der Waals surface area contributed by atoms with Crippen LogP contribution in [0.1, 0.15) is 16.8 Å². The first-order valence-corrected chi connectivity index (χ1v) is 7.20. The van der Waals surface area contributed by atoms with E-state index in [2.05, 4.69) is 15.4 Å². The van der Waals surface area contributed by atoms with E-state index in [4.69, 9.17) is 0 Å². The number of carboxylic acid groups (broad SMARTS) is 1. The molecule has 1 aliphatic rings. The predicted octanol–water partition coefficient (Wildman–Crippen LogP) is 0.419. The molecule has 1 unspecified atom stereocenters. The normalized spacial score (nSPS) is 22.0. The number of fused-ring (bicyclic) bond motifs is 1. The minimum absolute atomic E-state index is 0.281. The molecular weight excluding hydrogens is 280 g/mol. The molecule has 7 nitrogen and oxygen atoms in total. The third-order valence-corrected chi connectivity index (χ3v) is 4.50. The van der Waals surface area contributed by atoms with Gasteiger partial charge >= 0.3 is 5.97 Å². The smallest absolute Gasteiger partial charge is 0.330 e. The molecule has 0 spiro atoms. The Morgan fingerprint density at radius 3 is 3.05 bits per heavy atom. The number of carbonyl (C=O) groups excluding carboxylic acids is 1. The average Bonchev–Trinajstić information content (AvgIpc) is 3.05. The highest BCUT2D eigenvalue weighted by Crippen LogP contribution is 2.28. The van der Waals surface area contributed by atoms with E-state index in [1.807, 2.05) is 0 Å². The van der Waals surface area contributed by atoms with Crippen LogP contribution in [0.4, 0.5) is 0 Å². The Balaban J connectivity index is 1.91. The molecule has 3 heterocycles. The lowest BCUT2D eigenvalue weighted by atomic mass is 9.99. The van der Waals surface area contributed by atoms with Crippen LogP contribution in [0.2, 0.25) is 0 Å². The van der Waals surface area contributed by atoms with Gasteiger partial charge in [0.15, 0.2) is 5.65 Å². The summed E-state index contributed by atoms with van der Waals surface area (Å²) in [7, 11) is 0. The van der Waals surface area contributed by atoms with E-state index in [1.165, 1.54) is 22.5 Å². The summed E-state index contributed by atoms with van der Waals surface area (Å²) < 4.78 is 1.48. The first-order valence-electron chi connectivity index (χ1n) is 6.04. The zero-order valence-electron chi connectivity index (χ0n) is 10.4. The maximum Gasteiger partial charge on any atom is 0.330 e. The van der Waals surface area contributed by atoms with Gasteiger partial charge in [0.05, 0.1) is 6.20 Å². The van der Waals surface area contributed by atoms with E-state index in [1.54, 1.807) is 18.5 Å². The molecule has 1 fully saturated rings. The Morgan fingerprint density at radius 2 is 2.35 bits per heavy atom. The van der Waals surface area contributed by atoms with Crippen molar-refractivity contribution in [3.63, 3.8) is 0 Å². The molecule has 1 amide bonds. The zero-order chi connectivity index (χ0) is 14.2. The molecule has 0 saturated carbocycles. The van der Waals surface area contributed by atoms with Crippen molar-refractivity contribution in [1.29, 1.82) is 0 Å². The van der Waals surface area contributed by atoms with Gasteiger partial charge in [-0.2, -0.15) is 16.9 Å². The molecule has 0 aromatic carbocycles. The van der Waals surface area contributed by atoms with Crippen LogP contribution in [0.5, 0.6) is 0 Å². The summed E-state index contributed by atoms with van der Waals surface area (Å²) in [6.45, 7) is 0. The van der Waals surface area contributed by atoms with Crippen molar-refractivity contribution >= 4 is 29.3 Å². The highest BCUT2D eigenvalue weighted by atomic mass is 32.2. The minimum Gasteiger partial charge on any atom is -0.479 e. The summed E-state index contributed by atoms with van der Waals surface area (Å²) in [5, 5.41) is 16.0. The van der Waals surface area contributed by atoms with Crippen molar-refractivity contribution in [2.45, 2.75) is 12.0 Å². The summed E-state index contributed by atoms with van der Waals surface area (Å²) in [5.41, 5.74) is -0.496. The van der Waals surface area contributed by atoms with Crippen molar-refractivity contribution in [2.24, 2.45) is 0 Å². The van der Waals surface area contributed by atoms with Gasteiger partial charge in [0.25, 0.3) is 5.91 Å². The maximum absolute atomic E-state index is 12.3. The van der Waals surface area contributed by atoms with Gasteiger partial charge in [-0.15, -0.1) is 0 Å². The van der Waals surface area contributed by atoms with Crippen LogP contribution in [-0.2, 0) is 4.79 Å². The predicted molar refractivity (Wildman–Crippen MR) is 72.8 cm³/mol. The van der Waals surface area contributed by atoms with Crippen LogP contribution in [0.15, 0.2) is 24.7 Å². The van der Waals surface area contributed by atoms with Gasteiger partial charge in [0.2, 0.25) is 0 Å². The number of amides is 1. The van der Waals surface area contributed by atoms with Crippen molar-refractivity contribution in [2.75, 3.05) is 11.5 Å². The topological polar surface area (TPSA) is 96.6 Å². The van der Waals surface area contributed by atoms with Crippen LogP contribution in [0.3, 0.4) is 0 Å². The van der Waals surface area contributed by atoms with Crippen LogP contribution >= 0.6 is 11.8 Å². The molecule has 1 atom stereocenters. The van der Waals surface area contributed by atoms with Crippen molar-refractivity contribution in [1.82, 2.24) is 19.9 Å². The van der Waals surface area contributed by atoms with Gasteiger partial charge in [0, 0.05) is 18.1 Å². The summed E-state index contributed by atoms with van der Waals surface area (Å²) in [6.07, 6.45) is 5.06.